The van der Waals surface area contributed by atoms with Gasteiger partial charge in [0.25, 0.3) is 0 Å². The van der Waals surface area contributed by atoms with Gasteiger partial charge in [0, 0.05) is 44.4 Å². The summed E-state index contributed by atoms with van der Waals surface area (Å²) in [6.45, 7) is 4.15. The van der Waals surface area contributed by atoms with Gasteiger partial charge in [-0.2, -0.15) is 17.5 Å². The van der Waals surface area contributed by atoms with Crippen molar-refractivity contribution in [3.63, 3.8) is 0 Å². The fourth-order valence-corrected chi connectivity index (χ4v) is 9.30. The highest BCUT2D eigenvalue weighted by Crippen LogP contribution is 2.46. The average Bonchev–Trinajstić information content (AvgIpc) is 3.93. The molecule has 4 atom stereocenters. The first-order valence-corrected chi connectivity index (χ1v) is 18.4. The van der Waals surface area contributed by atoms with E-state index in [1.807, 2.05) is 6.07 Å². The lowest BCUT2D eigenvalue weighted by atomic mass is 9.79. The molecule has 13 heteroatoms. The first-order valence-electron chi connectivity index (χ1n) is 16.1. The number of anilines is 3. The maximum absolute atomic E-state index is 14.2. The molecule has 2 aliphatic carbocycles. The van der Waals surface area contributed by atoms with Crippen LogP contribution in [0.4, 0.5) is 30.8 Å². The zero-order chi connectivity index (χ0) is 34.3. The second kappa shape index (κ2) is 11.9. The fourth-order valence-electron chi connectivity index (χ4n) is 7.09. The molecule has 2 fully saturated rings. The summed E-state index contributed by atoms with van der Waals surface area (Å²) in [6.07, 6.45) is -4.16. The normalized spacial score (nSPS) is 20.7. The van der Waals surface area contributed by atoms with Crippen LogP contribution < -0.4 is 4.90 Å². The van der Waals surface area contributed by atoms with Crippen LogP contribution in [0.15, 0.2) is 77.8 Å². The van der Waals surface area contributed by atoms with Crippen molar-refractivity contribution in [1.29, 1.82) is 0 Å². The van der Waals surface area contributed by atoms with Crippen molar-refractivity contribution >= 4 is 107 Å². The van der Waals surface area contributed by atoms with E-state index >= 15 is 0 Å². The predicted molar refractivity (Wildman–Crippen MR) is 196 cm³/mol. The number of fused-ring (bicyclic) bond motifs is 6. The second-order valence-electron chi connectivity index (χ2n) is 12.9. The molecule has 0 spiro atoms. The van der Waals surface area contributed by atoms with Crippen LogP contribution in [0.2, 0.25) is 0 Å². The molecule has 0 bridgehead atoms. The Morgan fingerprint density at radius 3 is 1.80 bits per heavy atom. The van der Waals surface area contributed by atoms with E-state index in [2.05, 4.69) is 97.5 Å². The van der Waals surface area contributed by atoms with E-state index in [4.69, 9.17) is 4.37 Å². The van der Waals surface area contributed by atoms with E-state index < -0.39 is 35.7 Å². The number of Topliss-reactive ketones (excluding diaryl/α,β-unsaturated/α-hetero) is 2. The molecule has 2 saturated carbocycles. The maximum Gasteiger partial charge on any atom is 0.188 e. The second-order valence-corrected chi connectivity index (χ2v) is 15.0. The van der Waals surface area contributed by atoms with E-state index in [9.17, 15) is 18.4 Å². The number of thiophene rings is 1. The Balaban J connectivity index is 1.17. The summed E-state index contributed by atoms with van der Waals surface area (Å²) in [5, 5.41) is 2.52. The standard InChI is InChI=1S/C37H26F2N6O2S3/c1-17-3-7-19(8-4-17)45(20-9-5-18(2)6-10-20)30-12-11-29(48-30)25-13-21-22(31-33(25)43-49-41-31)16-28(34-32(21)42-50-44-34)40-35-36(46)23-14-26(38)27(39)15-24(23)37(35)47/h3-13,16,23-24,26-27H,14-15H2,1-2H3. The minimum absolute atomic E-state index is 0.281. The molecule has 248 valence electrons. The lowest BCUT2D eigenvalue weighted by Crippen LogP contribution is -2.35. The van der Waals surface area contributed by atoms with Crippen molar-refractivity contribution in [1.82, 2.24) is 17.5 Å². The summed E-state index contributed by atoms with van der Waals surface area (Å²) in [5.41, 5.74) is 7.69. The molecule has 0 radical (unpaired) electrons. The Labute approximate surface area is 296 Å². The van der Waals surface area contributed by atoms with Crippen molar-refractivity contribution in [3.8, 4) is 10.4 Å². The number of aliphatic imine (C=N–C) groups is 1. The fraction of sp³-hybridized carbons (Fsp3) is 0.216. The van der Waals surface area contributed by atoms with Gasteiger partial charge < -0.3 is 4.90 Å². The summed E-state index contributed by atoms with van der Waals surface area (Å²) in [7, 11) is 0. The topological polar surface area (TPSA) is 101 Å². The lowest BCUT2D eigenvalue weighted by molar-refractivity contribution is -0.123. The summed E-state index contributed by atoms with van der Waals surface area (Å²) >= 11 is 3.73. The number of hydrogen-bond donors (Lipinski definition) is 0. The highest BCUT2D eigenvalue weighted by atomic mass is 32.1. The Bertz CT molecular complexity index is 2450. The molecule has 0 saturated heterocycles. The number of alkyl halides is 2. The van der Waals surface area contributed by atoms with Crippen LogP contribution in [0, 0.1) is 25.7 Å². The van der Waals surface area contributed by atoms with Gasteiger partial charge in [0.2, 0.25) is 0 Å². The third kappa shape index (κ3) is 4.97. The van der Waals surface area contributed by atoms with Crippen LogP contribution in [-0.2, 0) is 9.59 Å². The molecule has 4 unspecified atom stereocenters. The highest BCUT2D eigenvalue weighted by molar-refractivity contribution is 7.19. The molecule has 3 heterocycles. The molecular weight excluding hydrogens is 695 g/mol. The summed E-state index contributed by atoms with van der Waals surface area (Å²) in [5.74, 6) is -2.87. The number of benzene rings is 4. The van der Waals surface area contributed by atoms with Crippen molar-refractivity contribution in [2.75, 3.05) is 4.90 Å². The first-order chi connectivity index (χ1) is 24.2. The Morgan fingerprint density at radius 2 is 1.20 bits per heavy atom. The quantitative estimate of drug-likeness (QED) is 0.175. The molecule has 4 aromatic carbocycles. The molecule has 0 N–H and O–H groups in total. The molecule has 9 rings (SSSR count). The van der Waals surface area contributed by atoms with Crippen molar-refractivity contribution in [2.45, 2.75) is 39.0 Å². The summed E-state index contributed by atoms with van der Waals surface area (Å²) in [6, 6.07) is 24.9. The van der Waals surface area contributed by atoms with Crippen LogP contribution in [0.25, 0.3) is 43.3 Å². The average molecular weight is 721 g/mol. The van der Waals surface area contributed by atoms with Gasteiger partial charge >= 0.3 is 0 Å². The minimum atomic E-state index is -1.77. The van der Waals surface area contributed by atoms with E-state index in [-0.39, 0.29) is 24.2 Å². The zero-order valence-corrected chi connectivity index (χ0v) is 29.1. The number of nitrogens with zero attached hydrogens (tertiary/aromatic N) is 6. The zero-order valence-electron chi connectivity index (χ0n) is 26.6. The molecule has 7 aromatic rings. The highest BCUT2D eigenvalue weighted by Gasteiger charge is 2.52. The third-order valence-electron chi connectivity index (χ3n) is 9.72. The summed E-state index contributed by atoms with van der Waals surface area (Å²) in [4.78, 5) is 34.3. The van der Waals surface area contributed by atoms with E-state index in [0.29, 0.717) is 27.5 Å². The third-order valence-corrected chi connectivity index (χ3v) is 11.9. The van der Waals surface area contributed by atoms with Gasteiger partial charge in [-0.3, -0.25) is 9.59 Å². The van der Waals surface area contributed by atoms with E-state index in [0.717, 1.165) is 55.7 Å². The predicted octanol–water partition coefficient (Wildman–Crippen LogP) is 9.59. The number of rotatable bonds is 5. The molecular formula is C37H26F2N6O2S3. The van der Waals surface area contributed by atoms with Gasteiger partial charge in [-0.1, -0.05) is 35.4 Å². The molecule has 0 aliphatic heterocycles. The van der Waals surface area contributed by atoms with Gasteiger partial charge in [0.1, 0.15) is 39.4 Å². The number of ketones is 2. The monoisotopic (exact) mass is 720 g/mol. The minimum Gasteiger partial charge on any atom is -0.302 e. The van der Waals surface area contributed by atoms with Crippen molar-refractivity contribution < 1.29 is 18.4 Å². The van der Waals surface area contributed by atoms with Gasteiger partial charge in [-0.25, -0.2) is 13.8 Å². The van der Waals surface area contributed by atoms with Crippen molar-refractivity contribution in [2.24, 2.45) is 16.8 Å². The number of aromatic nitrogens is 4. The molecule has 50 heavy (non-hydrogen) atoms. The molecule has 8 nitrogen and oxygen atoms in total. The number of hydrogen-bond acceptors (Lipinski definition) is 11. The Kier molecular flexibility index (Phi) is 7.41. The number of aryl methyl sites for hydroxylation is 2. The van der Waals surface area contributed by atoms with Crippen LogP contribution >= 0.6 is 34.8 Å². The number of carbonyl (C=O) groups excluding carboxylic acids is 2. The molecule has 3 aromatic heterocycles. The van der Waals surface area contributed by atoms with E-state index in [1.54, 1.807) is 17.4 Å². The van der Waals surface area contributed by atoms with Gasteiger partial charge in [-0.05, 0) is 75.2 Å². The first kappa shape index (κ1) is 31.2. The number of carbonyl (C=O) groups is 2. The summed E-state index contributed by atoms with van der Waals surface area (Å²) < 4.78 is 46.9. The Morgan fingerprint density at radius 1 is 0.680 bits per heavy atom. The van der Waals surface area contributed by atoms with Gasteiger partial charge in [0.15, 0.2) is 17.3 Å². The van der Waals surface area contributed by atoms with Gasteiger partial charge in [0.05, 0.1) is 29.1 Å². The SMILES string of the molecule is Cc1ccc(N(c2ccc(C)cc2)c2ccc(-c3cc4c(cc(N=C5C(=O)C6CC(F)C(F)CC6C5=O)c5nsnc54)c4nsnc34)s2)cc1. The molecule has 0 amide bonds. The van der Waals surface area contributed by atoms with Crippen LogP contribution in [0.3, 0.4) is 0 Å². The van der Waals surface area contributed by atoms with Gasteiger partial charge in [-0.15, -0.1) is 11.3 Å². The van der Waals surface area contributed by atoms with Crippen LogP contribution in [0.5, 0.6) is 0 Å². The van der Waals surface area contributed by atoms with Crippen LogP contribution in [0.1, 0.15) is 24.0 Å². The smallest absolute Gasteiger partial charge is 0.188 e. The van der Waals surface area contributed by atoms with Crippen molar-refractivity contribution in [3.05, 3.63) is 83.9 Å². The van der Waals surface area contributed by atoms with Crippen LogP contribution in [-0.4, -0.2) is 47.1 Å². The maximum atomic E-state index is 14.2. The lowest BCUT2D eigenvalue weighted by Gasteiger charge is -2.27. The largest absolute Gasteiger partial charge is 0.302 e. The Hall–Kier alpha value is -4.85. The van der Waals surface area contributed by atoms with E-state index in [1.165, 1.54) is 11.1 Å². The molecule has 2 aliphatic rings. The number of halogens is 2.